The van der Waals surface area contributed by atoms with Crippen LogP contribution in [0.5, 0.6) is 0 Å². The Morgan fingerprint density at radius 3 is 2.22 bits per heavy atom. The van der Waals surface area contributed by atoms with E-state index >= 15 is 0 Å². The zero-order valence-electron chi connectivity index (χ0n) is 25.6. The number of carboxylic acids is 1. The number of hydrogen-bond acceptors (Lipinski definition) is 8. The van der Waals surface area contributed by atoms with Crippen LogP contribution in [-0.4, -0.2) is 69.0 Å². The summed E-state index contributed by atoms with van der Waals surface area (Å²) in [7, 11) is 3.47. The van der Waals surface area contributed by atoms with Gasteiger partial charge >= 0.3 is 5.97 Å². The van der Waals surface area contributed by atoms with Gasteiger partial charge in [0.15, 0.2) is 0 Å². The van der Waals surface area contributed by atoms with Crippen LogP contribution in [0.15, 0.2) is 48.8 Å². The van der Waals surface area contributed by atoms with Crippen LogP contribution in [0.2, 0.25) is 0 Å². The maximum atomic E-state index is 11.9. The minimum atomic E-state index is -1.10. The normalized spacial score (nSPS) is 11.9. The fourth-order valence-corrected chi connectivity index (χ4v) is 3.74. The fourth-order valence-electron chi connectivity index (χ4n) is 3.15. The number of benzene rings is 1. The maximum Gasteiger partial charge on any atom is 0.326 e. The molecule has 1 saturated heterocycles. The van der Waals surface area contributed by atoms with Crippen LogP contribution >= 0.6 is 12.0 Å². The molecule has 0 spiro atoms. The highest BCUT2D eigenvalue weighted by molar-refractivity contribution is 7.94. The van der Waals surface area contributed by atoms with Gasteiger partial charge in [0, 0.05) is 37.9 Å². The summed E-state index contributed by atoms with van der Waals surface area (Å²) in [5, 5.41) is 23.3. The average Bonchev–Trinajstić information content (AvgIpc) is 3.55. The lowest BCUT2D eigenvalue weighted by molar-refractivity contribution is -0.140. The number of nitrogens with one attached hydrogen (secondary N) is 5. The van der Waals surface area contributed by atoms with E-state index in [9.17, 15) is 14.4 Å². The van der Waals surface area contributed by atoms with Crippen LogP contribution < -0.4 is 26.6 Å². The van der Waals surface area contributed by atoms with Crippen molar-refractivity contribution in [3.05, 3.63) is 54.4 Å². The Morgan fingerprint density at radius 1 is 1.12 bits per heavy atom. The Morgan fingerprint density at radius 2 is 1.76 bits per heavy atom. The monoisotopic (exact) mass is 595 g/mol. The third-order valence-corrected chi connectivity index (χ3v) is 6.01. The maximum absolute atomic E-state index is 11.9. The van der Waals surface area contributed by atoms with Crippen molar-refractivity contribution in [1.82, 2.24) is 21.3 Å². The van der Waals surface area contributed by atoms with Crippen molar-refractivity contribution < 1.29 is 23.7 Å². The van der Waals surface area contributed by atoms with Gasteiger partial charge in [0.25, 0.3) is 0 Å². The molecular formula is C30H53N5O5S. The van der Waals surface area contributed by atoms with Crippen LogP contribution in [0.4, 0.5) is 5.69 Å². The first-order chi connectivity index (χ1) is 19.7. The van der Waals surface area contributed by atoms with E-state index < -0.39 is 12.0 Å². The molecule has 41 heavy (non-hydrogen) atoms. The van der Waals surface area contributed by atoms with E-state index in [-0.39, 0.29) is 12.3 Å². The molecule has 0 saturated carbocycles. The van der Waals surface area contributed by atoms with E-state index in [1.54, 1.807) is 38.4 Å². The molecule has 0 radical (unpaired) electrons. The molecule has 0 aromatic heterocycles. The van der Waals surface area contributed by atoms with Gasteiger partial charge in [-0.25, -0.2) is 4.79 Å². The average molecular weight is 596 g/mol. The van der Waals surface area contributed by atoms with Crippen molar-refractivity contribution in [1.29, 1.82) is 0 Å². The number of carbonyl (C=O) groups excluding carboxylic acids is 2. The molecule has 1 aromatic carbocycles. The number of rotatable bonds is 17. The summed E-state index contributed by atoms with van der Waals surface area (Å²) in [4.78, 5) is 33.4. The first-order valence-corrected chi connectivity index (χ1v) is 15.1. The van der Waals surface area contributed by atoms with Crippen LogP contribution in [0.3, 0.4) is 0 Å². The summed E-state index contributed by atoms with van der Waals surface area (Å²) in [5.74, 6) is 0.604. The van der Waals surface area contributed by atoms with Gasteiger partial charge in [-0.15, -0.1) is 6.58 Å². The molecular weight excluding hydrogens is 542 g/mol. The predicted molar refractivity (Wildman–Crippen MR) is 172 cm³/mol. The number of allylic oxidation sites excluding steroid dienone is 1. The first-order valence-electron chi connectivity index (χ1n) is 14.2. The molecule has 1 aliphatic rings. The minimum absolute atomic E-state index is 0.0729. The number of carbonyl (C=O) groups is 3. The summed E-state index contributed by atoms with van der Waals surface area (Å²) in [6, 6.07) is 5.91. The molecule has 1 aromatic rings. The van der Waals surface area contributed by atoms with Gasteiger partial charge in [-0.1, -0.05) is 38.1 Å². The highest BCUT2D eigenvalue weighted by Gasteiger charge is 2.16. The lowest BCUT2D eigenvalue weighted by Crippen LogP contribution is -2.37. The predicted octanol–water partition coefficient (Wildman–Crippen LogP) is 4.46. The molecule has 1 unspecified atom stereocenters. The standard InChI is InChI=1S/C18H26N4O4.C6H12OS.C4H9N.C2H6/c1-13(19-2)20-10-4-3-5-17(24)22-15-8-6-14(7-9-15)11-16(18(25)26)21-12-23;1-6(2)4-5-8-7-3;1-2-4-5-3-1;1-2/h6-9,12,16,19-20H,1,3-5,10-11H2,2H3,(H,21,23)(H,22,24)(H,25,26);1,4-5H2,2-3H3;5H,1-4H2;1-2H3. The summed E-state index contributed by atoms with van der Waals surface area (Å²) in [5.41, 5.74) is 2.62. The van der Waals surface area contributed by atoms with E-state index in [4.69, 9.17) is 9.29 Å². The molecule has 0 aliphatic carbocycles. The zero-order chi connectivity index (χ0) is 31.3. The quantitative estimate of drug-likeness (QED) is 0.0666. The van der Waals surface area contributed by atoms with Crippen molar-refractivity contribution in [2.75, 3.05) is 44.9 Å². The minimum Gasteiger partial charge on any atom is -0.480 e. The van der Waals surface area contributed by atoms with Crippen molar-refractivity contribution in [3.63, 3.8) is 0 Å². The van der Waals surface area contributed by atoms with Crippen LogP contribution in [0.1, 0.15) is 64.9 Å². The van der Waals surface area contributed by atoms with E-state index in [1.807, 2.05) is 20.8 Å². The van der Waals surface area contributed by atoms with Crippen molar-refractivity contribution in [3.8, 4) is 0 Å². The third-order valence-electron chi connectivity index (χ3n) is 5.40. The number of hydrogen-bond donors (Lipinski definition) is 6. The van der Waals surface area contributed by atoms with Crippen LogP contribution in [-0.2, 0) is 25.0 Å². The molecule has 1 atom stereocenters. The molecule has 2 amide bonds. The van der Waals surface area contributed by atoms with Gasteiger partial charge in [-0.05, 0) is 81.9 Å². The topological polar surface area (TPSA) is 141 Å². The highest BCUT2D eigenvalue weighted by Crippen LogP contribution is 2.12. The SMILES string of the molecule is C1CCNC1.C=C(C)CCSOC.C=C(NC)NCCCCC(=O)Nc1ccc(CC(NC=O)C(=O)O)cc1.CC. The Bertz CT molecular complexity index is 841. The summed E-state index contributed by atoms with van der Waals surface area (Å²) in [6.45, 7) is 16.8. The van der Waals surface area contributed by atoms with Crippen molar-refractivity contribution >= 4 is 36.0 Å². The second kappa shape index (κ2) is 28.5. The molecule has 1 fully saturated rings. The summed E-state index contributed by atoms with van der Waals surface area (Å²) < 4.78 is 4.77. The van der Waals surface area contributed by atoms with E-state index in [1.165, 1.54) is 43.5 Å². The van der Waals surface area contributed by atoms with Gasteiger partial charge < -0.3 is 35.9 Å². The summed E-state index contributed by atoms with van der Waals surface area (Å²) in [6.07, 6.45) is 6.40. The molecule has 10 nitrogen and oxygen atoms in total. The Kier molecular flexibility index (Phi) is 27.9. The highest BCUT2D eigenvalue weighted by atomic mass is 32.2. The fraction of sp³-hybridized carbons (Fsp3) is 0.567. The number of unbranched alkanes of at least 4 members (excludes halogenated alkanes) is 1. The number of carboxylic acid groups (broad SMARTS) is 1. The zero-order valence-corrected chi connectivity index (χ0v) is 26.5. The van der Waals surface area contributed by atoms with E-state index in [0.29, 0.717) is 18.5 Å². The molecule has 234 valence electrons. The second-order valence-electron chi connectivity index (χ2n) is 8.89. The van der Waals surface area contributed by atoms with Gasteiger partial charge in [0.1, 0.15) is 6.04 Å². The van der Waals surface area contributed by atoms with Crippen molar-refractivity contribution in [2.24, 2.45) is 0 Å². The van der Waals surface area contributed by atoms with Gasteiger partial charge in [-0.3, -0.25) is 9.59 Å². The van der Waals surface area contributed by atoms with E-state index in [0.717, 1.165) is 42.9 Å². The molecule has 1 heterocycles. The third kappa shape index (κ3) is 25.7. The molecule has 0 bridgehead atoms. The van der Waals surface area contributed by atoms with Gasteiger partial charge in [0.05, 0.1) is 12.9 Å². The first kappa shape index (κ1) is 40.1. The van der Waals surface area contributed by atoms with Crippen LogP contribution in [0.25, 0.3) is 0 Å². The summed E-state index contributed by atoms with van der Waals surface area (Å²) >= 11 is 1.48. The van der Waals surface area contributed by atoms with Gasteiger partial charge in [0.2, 0.25) is 12.3 Å². The number of amides is 2. The lowest BCUT2D eigenvalue weighted by atomic mass is 10.1. The molecule has 6 N–H and O–H groups in total. The number of aliphatic carboxylic acids is 1. The largest absolute Gasteiger partial charge is 0.480 e. The Hall–Kier alpha value is -3.02. The smallest absolute Gasteiger partial charge is 0.326 e. The van der Waals surface area contributed by atoms with E-state index in [2.05, 4.69) is 39.7 Å². The molecule has 1 aliphatic heterocycles. The van der Waals surface area contributed by atoms with Gasteiger partial charge in [-0.2, -0.15) is 0 Å². The Balaban J connectivity index is 0. The second-order valence-corrected chi connectivity index (χ2v) is 9.87. The van der Waals surface area contributed by atoms with Crippen LogP contribution in [0, 0.1) is 0 Å². The van der Waals surface area contributed by atoms with Crippen molar-refractivity contribution in [2.45, 2.75) is 71.8 Å². The molecule has 2 rings (SSSR count). The number of anilines is 1. The lowest BCUT2D eigenvalue weighted by Gasteiger charge is -2.12. The Labute approximate surface area is 251 Å². The molecule has 11 heteroatoms.